The topological polar surface area (TPSA) is 41.1 Å². The summed E-state index contributed by atoms with van der Waals surface area (Å²) < 4.78 is 0. The molecule has 3 heteroatoms. The van der Waals surface area contributed by atoms with Gasteiger partial charge < -0.3 is 10.6 Å². The second-order valence-corrected chi connectivity index (χ2v) is 5.86. The first kappa shape index (κ1) is 16.3. The van der Waals surface area contributed by atoms with E-state index < -0.39 is 0 Å². The molecule has 1 aliphatic carbocycles. The Labute approximate surface area is 118 Å². The van der Waals surface area contributed by atoms with Crippen molar-refractivity contribution in [2.75, 3.05) is 6.54 Å². The molecule has 0 unspecified atom stereocenters. The number of amides is 2. The lowest BCUT2D eigenvalue weighted by Crippen LogP contribution is -2.41. The smallest absolute Gasteiger partial charge is 0.315 e. The molecule has 0 aromatic heterocycles. The quantitative estimate of drug-likeness (QED) is 0.568. The number of hydrogen-bond donors (Lipinski definition) is 2. The highest BCUT2D eigenvalue weighted by atomic mass is 16.2. The fourth-order valence-electron chi connectivity index (χ4n) is 2.77. The molecule has 0 radical (unpaired) electrons. The van der Waals surface area contributed by atoms with Crippen molar-refractivity contribution in [1.82, 2.24) is 10.6 Å². The molecule has 0 aromatic carbocycles. The number of nitrogens with one attached hydrogen (secondary N) is 2. The zero-order valence-corrected chi connectivity index (χ0v) is 12.7. The van der Waals surface area contributed by atoms with Gasteiger partial charge in [0, 0.05) is 12.6 Å². The number of carbonyl (C=O) groups is 1. The molecule has 0 heterocycles. The van der Waals surface area contributed by atoms with Crippen molar-refractivity contribution >= 4 is 6.03 Å². The predicted molar refractivity (Wildman–Crippen MR) is 81.4 cm³/mol. The molecular weight excluding hydrogens is 236 g/mol. The molecule has 2 N–H and O–H groups in total. The van der Waals surface area contributed by atoms with E-state index in [0.717, 1.165) is 25.8 Å². The molecule has 1 saturated carbocycles. The summed E-state index contributed by atoms with van der Waals surface area (Å²) in [6, 6.07) is 0.466. The predicted octanol–water partition coefficient (Wildman–Crippen LogP) is 4.37. The van der Waals surface area contributed by atoms with Gasteiger partial charge in [-0.1, -0.05) is 64.7 Å². The Morgan fingerprint density at radius 3 is 2.16 bits per heavy atom. The molecule has 0 aliphatic heterocycles. The van der Waals surface area contributed by atoms with Gasteiger partial charge in [-0.25, -0.2) is 4.79 Å². The van der Waals surface area contributed by atoms with Gasteiger partial charge in [-0.3, -0.25) is 0 Å². The Morgan fingerprint density at radius 2 is 1.53 bits per heavy atom. The van der Waals surface area contributed by atoms with E-state index in [2.05, 4.69) is 17.6 Å². The van der Waals surface area contributed by atoms with Gasteiger partial charge in [0.2, 0.25) is 0 Å². The van der Waals surface area contributed by atoms with Gasteiger partial charge in [-0.2, -0.15) is 0 Å². The van der Waals surface area contributed by atoms with E-state index >= 15 is 0 Å². The maximum atomic E-state index is 11.6. The van der Waals surface area contributed by atoms with E-state index in [1.54, 1.807) is 0 Å². The molecule has 3 nitrogen and oxygen atoms in total. The van der Waals surface area contributed by atoms with Gasteiger partial charge in [-0.15, -0.1) is 0 Å². The standard InChI is InChI=1S/C16H32N2O/c1-2-3-4-5-6-7-8-11-14-17-16(19)18-15-12-9-10-13-15/h15H,2-14H2,1H3,(H2,17,18,19). The van der Waals surface area contributed by atoms with Crippen molar-refractivity contribution in [3.63, 3.8) is 0 Å². The fraction of sp³-hybridized carbons (Fsp3) is 0.938. The van der Waals surface area contributed by atoms with Crippen LogP contribution in [0, 0.1) is 0 Å². The number of rotatable bonds is 10. The Bertz CT molecular complexity index is 225. The highest BCUT2D eigenvalue weighted by molar-refractivity contribution is 5.74. The third-order valence-electron chi connectivity index (χ3n) is 4.01. The minimum absolute atomic E-state index is 0.0369. The second kappa shape index (κ2) is 11.1. The molecular formula is C16H32N2O. The van der Waals surface area contributed by atoms with Crippen molar-refractivity contribution < 1.29 is 4.79 Å². The second-order valence-electron chi connectivity index (χ2n) is 5.86. The van der Waals surface area contributed by atoms with E-state index in [9.17, 15) is 4.79 Å². The molecule has 0 aromatic rings. The Kier molecular flexibility index (Phi) is 9.56. The third-order valence-corrected chi connectivity index (χ3v) is 4.01. The molecule has 1 rings (SSSR count). The first-order valence-corrected chi connectivity index (χ1v) is 8.37. The Balaban J connectivity index is 1.80. The molecule has 2 amide bonds. The van der Waals surface area contributed by atoms with E-state index in [0.29, 0.717) is 6.04 Å². The maximum absolute atomic E-state index is 11.6. The lowest BCUT2D eigenvalue weighted by Gasteiger charge is -2.12. The van der Waals surface area contributed by atoms with Crippen LogP contribution in [0.2, 0.25) is 0 Å². The van der Waals surface area contributed by atoms with Gasteiger partial charge in [0.05, 0.1) is 0 Å². The first-order valence-electron chi connectivity index (χ1n) is 8.37. The Hall–Kier alpha value is -0.730. The summed E-state index contributed by atoms with van der Waals surface area (Å²) >= 11 is 0. The van der Waals surface area contributed by atoms with Crippen molar-refractivity contribution in [2.24, 2.45) is 0 Å². The van der Waals surface area contributed by atoms with Crippen molar-refractivity contribution in [3.8, 4) is 0 Å². The monoisotopic (exact) mass is 268 g/mol. The summed E-state index contributed by atoms with van der Waals surface area (Å²) in [6.45, 7) is 3.08. The number of unbranched alkanes of at least 4 members (excludes halogenated alkanes) is 7. The largest absolute Gasteiger partial charge is 0.338 e. The molecule has 0 saturated heterocycles. The van der Waals surface area contributed by atoms with Crippen LogP contribution >= 0.6 is 0 Å². The summed E-state index contributed by atoms with van der Waals surface area (Å²) in [6.07, 6.45) is 15.3. The zero-order chi connectivity index (χ0) is 13.8. The molecule has 19 heavy (non-hydrogen) atoms. The van der Waals surface area contributed by atoms with Crippen LogP contribution in [0.5, 0.6) is 0 Å². The fourth-order valence-corrected chi connectivity index (χ4v) is 2.77. The summed E-state index contributed by atoms with van der Waals surface area (Å²) in [5.41, 5.74) is 0. The van der Waals surface area contributed by atoms with Crippen LogP contribution in [0.4, 0.5) is 4.79 Å². The van der Waals surface area contributed by atoms with Gasteiger partial charge >= 0.3 is 6.03 Å². The van der Waals surface area contributed by atoms with Crippen LogP contribution in [0.25, 0.3) is 0 Å². The van der Waals surface area contributed by atoms with Crippen LogP contribution in [0.15, 0.2) is 0 Å². The summed E-state index contributed by atoms with van der Waals surface area (Å²) in [5.74, 6) is 0. The van der Waals surface area contributed by atoms with Crippen molar-refractivity contribution in [2.45, 2.75) is 90.0 Å². The summed E-state index contributed by atoms with van der Waals surface area (Å²) in [4.78, 5) is 11.6. The van der Waals surface area contributed by atoms with Crippen LogP contribution in [-0.2, 0) is 0 Å². The highest BCUT2D eigenvalue weighted by Gasteiger charge is 2.16. The number of hydrogen-bond acceptors (Lipinski definition) is 1. The van der Waals surface area contributed by atoms with Crippen LogP contribution < -0.4 is 10.6 Å². The molecule has 1 fully saturated rings. The van der Waals surface area contributed by atoms with Crippen molar-refractivity contribution in [3.05, 3.63) is 0 Å². The molecule has 0 spiro atoms. The van der Waals surface area contributed by atoms with Gasteiger partial charge in [0.15, 0.2) is 0 Å². The first-order chi connectivity index (χ1) is 9.33. The van der Waals surface area contributed by atoms with Gasteiger partial charge in [0.1, 0.15) is 0 Å². The number of urea groups is 1. The van der Waals surface area contributed by atoms with Gasteiger partial charge in [0.25, 0.3) is 0 Å². The lowest BCUT2D eigenvalue weighted by atomic mass is 10.1. The van der Waals surface area contributed by atoms with Crippen LogP contribution in [0.1, 0.15) is 84.0 Å². The third kappa shape index (κ3) is 8.90. The van der Waals surface area contributed by atoms with E-state index in [1.807, 2.05) is 0 Å². The van der Waals surface area contributed by atoms with E-state index in [1.165, 1.54) is 57.8 Å². The molecule has 0 bridgehead atoms. The zero-order valence-electron chi connectivity index (χ0n) is 12.7. The molecule has 0 atom stereocenters. The average Bonchev–Trinajstić information content (AvgIpc) is 2.89. The normalized spacial score (nSPS) is 15.6. The van der Waals surface area contributed by atoms with Gasteiger partial charge in [-0.05, 0) is 19.3 Å². The average molecular weight is 268 g/mol. The minimum Gasteiger partial charge on any atom is -0.338 e. The number of carbonyl (C=O) groups excluding carboxylic acids is 1. The van der Waals surface area contributed by atoms with Crippen LogP contribution in [0.3, 0.4) is 0 Å². The summed E-state index contributed by atoms with van der Waals surface area (Å²) in [7, 11) is 0. The van der Waals surface area contributed by atoms with Crippen molar-refractivity contribution in [1.29, 1.82) is 0 Å². The van der Waals surface area contributed by atoms with E-state index in [4.69, 9.17) is 0 Å². The molecule has 112 valence electrons. The maximum Gasteiger partial charge on any atom is 0.315 e. The molecule has 1 aliphatic rings. The Morgan fingerprint density at radius 1 is 0.947 bits per heavy atom. The van der Waals surface area contributed by atoms with Crippen LogP contribution in [-0.4, -0.2) is 18.6 Å². The van der Waals surface area contributed by atoms with E-state index in [-0.39, 0.29) is 6.03 Å². The lowest BCUT2D eigenvalue weighted by molar-refractivity contribution is 0.237. The summed E-state index contributed by atoms with van der Waals surface area (Å²) in [5, 5.41) is 6.02. The SMILES string of the molecule is CCCCCCCCCCNC(=O)NC1CCCC1. The highest BCUT2D eigenvalue weighted by Crippen LogP contribution is 2.17. The minimum atomic E-state index is 0.0369.